The summed E-state index contributed by atoms with van der Waals surface area (Å²) < 4.78 is 23.8. The molecule has 0 radical (unpaired) electrons. The first-order valence-electron chi connectivity index (χ1n) is 6.03. The van der Waals surface area contributed by atoms with E-state index in [0.29, 0.717) is 0 Å². The SMILES string of the molecule is COc1cc(C)cc(COC2=NC(N)=C(F)C=CN2)c1. The lowest BCUT2D eigenvalue weighted by Gasteiger charge is -2.10. The van der Waals surface area contributed by atoms with Gasteiger partial charge < -0.3 is 20.5 Å². The number of methoxy groups -OCH3 is 1. The van der Waals surface area contributed by atoms with E-state index in [0.717, 1.165) is 16.9 Å². The molecule has 1 aliphatic heterocycles. The summed E-state index contributed by atoms with van der Waals surface area (Å²) >= 11 is 0. The first-order valence-corrected chi connectivity index (χ1v) is 6.03. The molecule has 0 aromatic heterocycles. The molecular weight excluding hydrogens is 261 g/mol. The quantitative estimate of drug-likeness (QED) is 0.887. The fourth-order valence-corrected chi connectivity index (χ4v) is 1.72. The first kappa shape index (κ1) is 13.9. The van der Waals surface area contributed by atoms with Crippen LogP contribution < -0.4 is 15.8 Å². The zero-order valence-corrected chi connectivity index (χ0v) is 11.3. The molecule has 0 aliphatic carbocycles. The maximum absolute atomic E-state index is 13.2. The summed E-state index contributed by atoms with van der Waals surface area (Å²) in [5.41, 5.74) is 7.41. The van der Waals surface area contributed by atoms with Crippen molar-refractivity contribution in [2.45, 2.75) is 13.5 Å². The Hall–Kier alpha value is -2.50. The van der Waals surface area contributed by atoms with Crippen molar-refractivity contribution in [1.29, 1.82) is 0 Å². The number of halogens is 1. The number of allylic oxidation sites excluding steroid dienone is 2. The highest BCUT2D eigenvalue weighted by Gasteiger charge is 2.07. The summed E-state index contributed by atoms with van der Waals surface area (Å²) in [6, 6.07) is 5.89. The predicted molar refractivity (Wildman–Crippen MR) is 74.6 cm³/mol. The van der Waals surface area contributed by atoms with Gasteiger partial charge in [-0.3, -0.25) is 0 Å². The minimum Gasteiger partial charge on any atom is -0.497 e. The summed E-state index contributed by atoms with van der Waals surface area (Å²) in [6.07, 6.45) is 2.57. The molecule has 20 heavy (non-hydrogen) atoms. The third kappa shape index (κ3) is 3.50. The molecule has 2 rings (SSSR count). The van der Waals surface area contributed by atoms with E-state index in [2.05, 4.69) is 10.3 Å². The summed E-state index contributed by atoms with van der Waals surface area (Å²) in [6.45, 7) is 2.24. The highest BCUT2D eigenvalue weighted by Crippen LogP contribution is 2.17. The van der Waals surface area contributed by atoms with Gasteiger partial charge in [-0.1, -0.05) is 6.07 Å². The van der Waals surface area contributed by atoms with Crippen molar-refractivity contribution in [3.8, 4) is 5.75 Å². The largest absolute Gasteiger partial charge is 0.497 e. The van der Waals surface area contributed by atoms with Gasteiger partial charge in [-0.25, -0.2) is 4.39 Å². The maximum Gasteiger partial charge on any atom is 0.295 e. The average Bonchev–Trinajstić information content (AvgIpc) is 2.58. The maximum atomic E-state index is 13.2. The van der Waals surface area contributed by atoms with E-state index in [1.807, 2.05) is 25.1 Å². The van der Waals surface area contributed by atoms with E-state index < -0.39 is 5.83 Å². The van der Waals surface area contributed by atoms with Crippen LogP contribution in [0.3, 0.4) is 0 Å². The van der Waals surface area contributed by atoms with Crippen LogP contribution in [-0.4, -0.2) is 13.1 Å². The van der Waals surface area contributed by atoms with Gasteiger partial charge in [0, 0.05) is 6.20 Å². The van der Waals surface area contributed by atoms with Gasteiger partial charge in [0.1, 0.15) is 12.4 Å². The molecule has 0 saturated heterocycles. The summed E-state index contributed by atoms with van der Waals surface area (Å²) in [7, 11) is 1.61. The van der Waals surface area contributed by atoms with Crippen LogP contribution in [0.5, 0.6) is 5.75 Å². The molecule has 0 saturated carbocycles. The molecule has 0 atom stereocenters. The van der Waals surface area contributed by atoms with Crippen LogP contribution in [0.15, 0.2) is 47.1 Å². The lowest BCUT2D eigenvalue weighted by atomic mass is 10.1. The number of nitrogens with one attached hydrogen (secondary N) is 1. The van der Waals surface area contributed by atoms with Gasteiger partial charge in [0.25, 0.3) is 6.02 Å². The lowest BCUT2D eigenvalue weighted by Crippen LogP contribution is -2.21. The van der Waals surface area contributed by atoms with Gasteiger partial charge in [0.05, 0.1) is 7.11 Å². The number of hydrogen-bond donors (Lipinski definition) is 2. The Labute approximate surface area is 116 Å². The van der Waals surface area contributed by atoms with Crippen molar-refractivity contribution in [3.63, 3.8) is 0 Å². The summed E-state index contributed by atoms with van der Waals surface area (Å²) in [5, 5.41) is 2.71. The smallest absolute Gasteiger partial charge is 0.295 e. The average molecular weight is 277 g/mol. The minimum atomic E-state index is -0.603. The topological polar surface area (TPSA) is 68.9 Å². The number of ether oxygens (including phenoxy) is 2. The van der Waals surface area contributed by atoms with Crippen LogP contribution in [0.25, 0.3) is 0 Å². The lowest BCUT2D eigenvalue weighted by molar-refractivity contribution is 0.280. The number of nitrogens with two attached hydrogens (primary N) is 1. The van der Waals surface area contributed by atoms with E-state index in [4.69, 9.17) is 15.2 Å². The molecule has 0 amide bonds. The Morgan fingerprint density at radius 1 is 1.35 bits per heavy atom. The Bertz CT molecular complexity index is 594. The Kier molecular flexibility index (Phi) is 4.24. The number of rotatable bonds is 3. The molecule has 1 heterocycles. The monoisotopic (exact) mass is 277 g/mol. The molecule has 0 unspecified atom stereocenters. The fourth-order valence-electron chi connectivity index (χ4n) is 1.72. The standard InChI is InChI=1S/C14H16FN3O2/c1-9-5-10(7-11(6-9)19-2)8-20-14-17-4-3-12(15)13(16)18-14/h3-7H,8,16H2,1-2H3,(H,17,18). The highest BCUT2D eigenvalue weighted by atomic mass is 19.1. The third-order valence-corrected chi connectivity index (χ3v) is 2.63. The molecule has 0 bridgehead atoms. The third-order valence-electron chi connectivity index (χ3n) is 2.63. The molecular formula is C14H16FN3O2. The van der Waals surface area contributed by atoms with Gasteiger partial charge >= 0.3 is 0 Å². The van der Waals surface area contributed by atoms with E-state index >= 15 is 0 Å². The fraction of sp³-hybridized carbons (Fsp3) is 0.214. The molecule has 5 nitrogen and oxygen atoms in total. The van der Waals surface area contributed by atoms with Crippen LogP contribution in [0.2, 0.25) is 0 Å². The highest BCUT2D eigenvalue weighted by molar-refractivity contribution is 5.76. The predicted octanol–water partition coefficient (Wildman–Crippen LogP) is 2.09. The van der Waals surface area contributed by atoms with Crippen LogP contribution >= 0.6 is 0 Å². The molecule has 1 aromatic rings. The Balaban J connectivity index is 2.08. The van der Waals surface area contributed by atoms with Gasteiger partial charge in [-0.05, 0) is 36.3 Å². The van der Waals surface area contributed by atoms with Crippen molar-refractivity contribution >= 4 is 6.02 Å². The zero-order valence-electron chi connectivity index (χ0n) is 11.3. The molecule has 0 fully saturated rings. The molecule has 0 spiro atoms. The van der Waals surface area contributed by atoms with Crippen molar-refractivity contribution in [2.24, 2.45) is 10.7 Å². The summed E-state index contributed by atoms with van der Waals surface area (Å²) in [5.74, 6) is -0.0684. The van der Waals surface area contributed by atoms with Crippen LogP contribution in [-0.2, 0) is 11.3 Å². The second-order valence-corrected chi connectivity index (χ2v) is 4.27. The second-order valence-electron chi connectivity index (χ2n) is 4.27. The minimum absolute atomic E-state index is 0.145. The number of aryl methyl sites for hydroxylation is 1. The normalized spacial score (nSPS) is 14.4. The van der Waals surface area contributed by atoms with Crippen molar-refractivity contribution < 1.29 is 13.9 Å². The molecule has 1 aliphatic rings. The number of amidine groups is 1. The van der Waals surface area contributed by atoms with E-state index in [1.54, 1.807) is 7.11 Å². The van der Waals surface area contributed by atoms with Crippen molar-refractivity contribution in [3.05, 3.63) is 53.2 Å². The van der Waals surface area contributed by atoms with Crippen molar-refractivity contribution in [1.82, 2.24) is 5.32 Å². The van der Waals surface area contributed by atoms with Gasteiger partial charge in [0.2, 0.25) is 0 Å². The molecule has 6 heteroatoms. The summed E-state index contributed by atoms with van der Waals surface area (Å²) in [4.78, 5) is 3.81. The first-order chi connectivity index (χ1) is 9.58. The number of nitrogens with zero attached hydrogens (tertiary/aromatic N) is 1. The van der Waals surface area contributed by atoms with E-state index in [-0.39, 0.29) is 18.4 Å². The van der Waals surface area contributed by atoms with Gasteiger partial charge in [0.15, 0.2) is 11.6 Å². The Morgan fingerprint density at radius 3 is 2.90 bits per heavy atom. The Morgan fingerprint density at radius 2 is 2.15 bits per heavy atom. The van der Waals surface area contributed by atoms with Crippen LogP contribution in [0.4, 0.5) is 4.39 Å². The van der Waals surface area contributed by atoms with Gasteiger partial charge in [-0.2, -0.15) is 4.99 Å². The van der Waals surface area contributed by atoms with E-state index in [9.17, 15) is 4.39 Å². The number of hydrogen-bond acceptors (Lipinski definition) is 5. The zero-order chi connectivity index (χ0) is 14.5. The molecule has 1 aromatic carbocycles. The molecule has 3 N–H and O–H groups in total. The van der Waals surface area contributed by atoms with Crippen LogP contribution in [0, 0.1) is 6.92 Å². The van der Waals surface area contributed by atoms with Gasteiger partial charge in [-0.15, -0.1) is 0 Å². The number of benzene rings is 1. The number of aliphatic imine (C=N–C) groups is 1. The van der Waals surface area contributed by atoms with Crippen molar-refractivity contribution in [2.75, 3.05) is 7.11 Å². The van der Waals surface area contributed by atoms with Crippen LogP contribution in [0.1, 0.15) is 11.1 Å². The second kappa shape index (κ2) is 6.10. The molecule has 106 valence electrons. The van der Waals surface area contributed by atoms with E-state index in [1.165, 1.54) is 12.3 Å².